The molecule has 3 atom stereocenters. The van der Waals surface area contributed by atoms with E-state index in [4.69, 9.17) is 22.1 Å². The number of nitrogens with two attached hydrogens (primary N) is 1. The van der Waals surface area contributed by atoms with E-state index in [-0.39, 0.29) is 22.9 Å². The molecule has 19 heteroatoms. The predicted octanol–water partition coefficient (Wildman–Crippen LogP) is 4.51. The van der Waals surface area contributed by atoms with E-state index >= 15 is 8.78 Å². The molecule has 0 aromatic heterocycles. The quantitative estimate of drug-likeness (QED) is 0.0989. The molecule has 298 valence electrons. The van der Waals surface area contributed by atoms with Gasteiger partial charge in [0.15, 0.2) is 0 Å². The van der Waals surface area contributed by atoms with Gasteiger partial charge >= 0.3 is 18.0 Å². The zero-order valence-electron chi connectivity index (χ0n) is 29.4. The Labute approximate surface area is 315 Å². The van der Waals surface area contributed by atoms with E-state index in [0.717, 1.165) is 17.4 Å². The van der Waals surface area contributed by atoms with Crippen LogP contribution < -0.4 is 31.7 Å². The molecule has 55 heavy (non-hydrogen) atoms. The van der Waals surface area contributed by atoms with Crippen molar-refractivity contribution >= 4 is 41.0 Å². The molecule has 0 bridgehead atoms. The van der Waals surface area contributed by atoms with Gasteiger partial charge in [-0.15, -0.1) is 0 Å². The first-order valence-electron chi connectivity index (χ1n) is 16.3. The summed E-state index contributed by atoms with van der Waals surface area (Å²) in [5, 5.41) is 7.16. The first kappa shape index (κ1) is 44.2. The number of rotatable bonds is 17. The highest BCUT2D eigenvalue weighted by molar-refractivity contribution is 6.30. The van der Waals surface area contributed by atoms with Crippen molar-refractivity contribution in [2.75, 3.05) is 13.7 Å². The fourth-order valence-corrected chi connectivity index (χ4v) is 5.22. The number of Topliss-reactive ketones (excluding diaryl/α,β-unsaturated/α-hetero) is 1. The van der Waals surface area contributed by atoms with E-state index in [9.17, 15) is 45.9 Å². The van der Waals surface area contributed by atoms with Crippen LogP contribution in [-0.2, 0) is 42.9 Å². The van der Waals surface area contributed by atoms with Crippen molar-refractivity contribution in [1.82, 2.24) is 21.3 Å². The Hall–Kier alpha value is -5.23. The average Bonchev–Trinajstić information content (AvgIpc) is 3.14. The standard InChI is InChI=1S/C36H37ClF7N5O6/c1-19(2)27(29(50)36(43,44)32(53)46-18-34(38,39)40)48-31(52)28(22-11-13-25(55-3)14-12-22)49-30(51)26(15-20-7-9-21(17-45)10-8-20)47-33(54)35(41,42)23-5-4-6-24(37)16-23/h4-14,16,19,26-28H,15,17-18,45H2,1-3H3,(H,46,53)(H,47,54)(H,48,52)(H,49,51). The molecule has 11 nitrogen and oxygen atoms in total. The van der Waals surface area contributed by atoms with Crippen LogP contribution in [0.4, 0.5) is 30.7 Å². The number of halogens is 8. The maximum Gasteiger partial charge on any atom is 0.405 e. The van der Waals surface area contributed by atoms with Gasteiger partial charge in [-0.2, -0.15) is 30.7 Å². The van der Waals surface area contributed by atoms with Crippen molar-refractivity contribution in [3.8, 4) is 5.75 Å². The van der Waals surface area contributed by atoms with Gasteiger partial charge in [-0.1, -0.05) is 74.0 Å². The highest BCUT2D eigenvalue weighted by Gasteiger charge is 2.52. The fraction of sp³-hybridized carbons (Fsp3) is 0.361. The summed E-state index contributed by atoms with van der Waals surface area (Å²) >= 11 is 5.85. The van der Waals surface area contributed by atoms with E-state index in [1.165, 1.54) is 69.5 Å². The van der Waals surface area contributed by atoms with Crippen LogP contribution in [0.3, 0.4) is 0 Å². The van der Waals surface area contributed by atoms with Crippen LogP contribution in [-0.4, -0.2) is 67.2 Å². The molecule has 3 aromatic rings. The average molecular weight is 804 g/mol. The molecule has 0 radical (unpaired) electrons. The monoisotopic (exact) mass is 803 g/mol. The number of ether oxygens (including phenoxy) is 1. The summed E-state index contributed by atoms with van der Waals surface area (Å²) in [6.45, 7) is 0.360. The first-order valence-corrected chi connectivity index (χ1v) is 16.7. The summed E-state index contributed by atoms with van der Waals surface area (Å²) in [5.41, 5.74) is 5.81. The molecule has 3 aromatic carbocycles. The molecule has 3 rings (SSSR count). The smallest absolute Gasteiger partial charge is 0.405 e. The molecule has 0 saturated carbocycles. The Bertz CT molecular complexity index is 1840. The van der Waals surface area contributed by atoms with Gasteiger partial charge in [0.25, 0.3) is 11.8 Å². The van der Waals surface area contributed by atoms with Gasteiger partial charge in [-0.25, -0.2) is 0 Å². The second kappa shape index (κ2) is 18.4. The second-order valence-corrected chi connectivity index (χ2v) is 13.0. The third-order valence-electron chi connectivity index (χ3n) is 8.08. The predicted molar refractivity (Wildman–Crippen MR) is 185 cm³/mol. The van der Waals surface area contributed by atoms with Crippen LogP contribution in [0.25, 0.3) is 0 Å². The molecule has 0 heterocycles. The third-order valence-corrected chi connectivity index (χ3v) is 8.32. The number of amides is 4. The van der Waals surface area contributed by atoms with E-state index in [1.807, 2.05) is 10.6 Å². The molecule has 6 N–H and O–H groups in total. The normalized spacial score (nSPS) is 13.6. The first-order chi connectivity index (χ1) is 25.6. The van der Waals surface area contributed by atoms with Gasteiger partial charge < -0.3 is 31.7 Å². The number of ketones is 1. The maximum atomic E-state index is 15.4. The second-order valence-electron chi connectivity index (χ2n) is 12.5. The number of carbonyl (C=O) groups excluding carboxylic acids is 5. The van der Waals surface area contributed by atoms with Crippen molar-refractivity contribution < 1.29 is 59.4 Å². The summed E-state index contributed by atoms with van der Waals surface area (Å²) in [7, 11) is 1.32. The van der Waals surface area contributed by atoms with Crippen LogP contribution in [0.15, 0.2) is 72.8 Å². The van der Waals surface area contributed by atoms with Crippen molar-refractivity contribution in [3.63, 3.8) is 0 Å². The SMILES string of the molecule is COc1ccc(C(NC(=O)C(Cc2ccc(CN)cc2)NC(=O)C(F)(F)c2cccc(Cl)c2)C(=O)NC(C(=O)C(F)(F)C(=O)NCC(F)(F)F)C(C)C)cc1. The lowest BCUT2D eigenvalue weighted by molar-refractivity contribution is -0.165. The van der Waals surface area contributed by atoms with Gasteiger partial charge in [0.2, 0.25) is 17.6 Å². The molecule has 4 amide bonds. The van der Waals surface area contributed by atoms with Gasteiger partial charge in [0.05, 0.1) is 13.2 Å². The molecule has 0 aliphatic rings. The van der Waals surface area contributed by atoms with Gasteiger partial charge in [0.1, 0.15) is 24.4 Å². The van der Waals surface area contributed by atoms with Crippen molar-refractivity contribution in [1.29, 1.82) is 0 Å². The Kier molecular flexibility index (Phi) is 14.8. The lowest BCUT2D eigenvalue weighted by atomic mass is 9.94. The number of methoxy groups -OCH3 is 1. The van der Waals surface area contributed by atoms with Crippen LogP contribution >= 0.6 is 11.6 Å². The Balaban J connectivity index is 2.00. The molecular weight excluding hydrogens is 767 g/mol. The van der Waals surface area contributed by atoms with E-state index in [0.29, 0.717) is 11.1 Å². The summed E-state index contributed by atoms with van der Waals surface area (Å²) in [4.78, 5) is 65.8. The lowest BCUT2D eigenvalue weighted by Gasteiger charge is -2.29. The highest BCUT2D eigenvalue weighted by atomic mass is 35.5. The van der Waals surface area contributed by atoms with E-state index < -0.39 is 90.0 Å². The molecular formula is C36H37ClF7N5O6. The molecule has 3 unspecified atom stereocenters. The number of benzene rings is 3. The molecule has 0 fully saturated rings. The van der Waals surface area contributed by atoms with Crippen LogP contribution in [0.2, 0.25) is 5.02 Å². The minimum absolute atomic E-state index is 0.0575. The fourth-order valence-electron chi connectivity index (χ4n) is 5.03. The number of carbonyl (C=O) groups is 5. The third kappa shape index (κ3) is 11.9. The number of hydrogen-bond acceptors (Lipinski definition) is 7. The number of hydrogen-bond donors (Lipinski definition) is 5. The highest BCUT2D eigenvalue weighted by Crippen LogP contribution is 2.30. The largest absolute Gasteiger partial charge is 0.497 e. The van der Waals surface area contributed by atoms with Crippen molar-refractivity contribution in [2.45, 2.75) is 63.0 Å². The van der Waals surface area contributed by atoms with Gasteiger partial charge in [-0.3, -0.25) is 24.0 Å². The number of alkyl halides is 7. The van der Waals surface area contributed by atoms with Gasteiger partial charge in [-0.05, 0) is 46.9 Å². The summed E-state index contributed by atoms with van der Waals surface area (Å²) in [5.74, 6) is -19.5. The maximum absolute atomic E-state index is 15.4. The molecule has 0 saturated heterocycles. The minimum Gasteiger partial charge on any atom is -0.497 e. The molecule has 0 aliphatic carbocycles. The van der Waals surface area contributed by atoms with Crippen molar-refractivity contribution in [2.24, 2.45) is 11.7 Å². The lowest BCUT2D eigenvalue weighted by Crippen LogP contribution is -2.59. The molecule has 0 aliphatic heterocycles. The summed E-state index contributed by atoms with van der Waals surface area (Å²) in [6.07, 6.45) is -5.50. The van der Waals surface area contributed by atoms with E-state index in [2.05, 4.69) is 5.32 Å². The van der Waals surface area contributed by atoms with Crippen LogP contribution in [0.1, 0.15) is 42.1 Å². The van der Waals surface area contributed by atoms with Crippen LogP contribution in [0.5, 0.6) is 5.75 Å². The topological polar surface area (TPSA) is 169 Å². The van der Waals surface area contributed by atoms with Gasteiger partial charge in [0, 0.05) is 23.6 Å². The summed E-state index contributed by atoms with van der Waals surface area (Å²) in [6, 6.07) is 9.78. The van der Waals surface area contributed by atoms with Crippen LogP contribution in [0, 0.1) is 5.92 Å². The Morgan fingerprint density at radius 3 is 1.91 bits per heavy atom. The van der Waals surface area contributed by atoms with Crippen molar-refractivity contribution in [3.05, 3.63) is 100 Å². The Morgan fingerprint density at radius 1 is 0.782 bits per heavy atom. The number of nitrogens with one attached hydrogen (secondary N) is 4. The minimum atomic E-state index is -5.08. The summed E-state index contributed by atoms with van der Waals surface area (Å²) < 4.78 is 103. The van der Waals surface area contributed by atoms with E-state index in [1.54, 1.807) is 12.1 Å². The Morgan fingerprint density at radius 2 is 1.38 bits per heavy atom. The molecule has 0 spiro atoms. The zero-order valence-corrected chi connectivity index (χ0v) is 30.2. The zero-order chi connectivity index (χ0) is 41.3.